The number of benzene rings is 1. The summed E-state index contributed by atoms with van der Waals surface area (Å²) in [4.78, 5) is 41.3. The second-order valence-electron chi connectivity index (χ2n) is 9.24. The molecule has 0 atom stereocenters. The fourth-order valence-corrected chi connectivity index (χ4v) is 4.56. The quantitative estimate of drug-likeness (QED) is 0.414. The Morgan fingerprint density at radius 3 is 2.41 bits per heavy atom. The molecule has 0 radical (unpaired) electrons. The van der Waals surface area contributed by atoms with Crippen molar-refractivity contribution in [2.45, 2.75) is 50.6 Å². The molecule has 0 unspecified atom stereocenters. The van der Waals surface area contributed by atoms with Crippen molar-refractivity contribution in [3.63, 3.8) is 0 Å². The van der Waals surface area contributed by atoms with Crippen molar-refractivity contribution < 1.29 is 37.8 Å². The molecule has 1 aliphatic carbocycles. The number of anilines is 1. The number of hydrogen-bond acceptors (Lipinski definition) is 6. The number of carbonyl (C=O) groups excluding carboxylic acids is 1. The van der Waals surface area contributed by atoms with Crippen LogP contribution < -0.4 is 5.32 Å². The van der Waals surface area contributed by atoms with Gasteiger partial charge in [0, 0.05) is 11.3 Å². The van der Waals surface area contributed by atoms with Crippen LogP contribution in [0, 0.1) is 11.3 Å². The maximum absolute atomic E-state index is 12.7. The number of amides is 1. The first-order valence-electron chi connectivity index (χ1n) is 12.3. The van der Waals surface area contributed by atoms with Crippen LogP contribution in [-0.4, -0.2) is 68.7 Å². The zero-order chi connectivity index (χ0) is 28.6. The van der Waals surface area contributed by atoms with Crippen molar-refractivity contribution in [1.29, 1.82) is 5.26 Å². The monoisotopic (exact) mass is 547 g/mol. The van der Waals surface area contributed by atoms with E-state index in [-0.39, 0.29) is 24.0 Å². The van der Waals surface area contributed by atoms with Gasteiger partial charge in [-0.1, -0.05) is 12.1 Å². The van der Waals surface area contributed by atoms with E-state index in [2.05, 4.69) is 33.5 Å². The Morgan fingerprint density at radius 2 is 1.87 bits per heavy atom. The summed E-state index contributed by atoms with van der Waals surface area (Å²) in [6.07, 6.45) is 4.67. The van der Waals surface area contributed by atoms with Gasteiger partial charge in [0.15, 0.2) is 5.82 Å². The van der Waals surface area contributed by atoms with Crippen LogP contribution in [-0.2, 0) is 9.59 Å². The van der Waals surface area contributed by atoms with Crippen LogP contribution in [0.15, 0.2) is 30.5 Å². The first-order valence-corrected chi connectivity index (χ1v) is 12.3. The van der Waals surface area contributed by atoms with Crippen LogP contribution in [0.25, 0.3) is 5.57 Å². The molecule has 208 valence electrons. The lowest BCUT2D eigenvalue weighted by Crippen LogP contribution is -2.36. The van der Waals surface area contributed by atoms with Gasteiger partial charge in [-0.15, -0.1) is 0 Å². The molecule has 0 saturated carbocycles. The number of aliphatic carboxylic acids is 2. The van der Waals surface area contributed by atoms with Gasteiger partial charge in [-0.2, -0.15) is 18.4 Å². The Kier molecular flexibility index (Phi) is 9.84. The zero-order valence-electron chi connectivity index (χ0n) is 20.9. The highest BCUT2D eigenvalue weighted by Crippen LogP contribution is 2.36. The summed E-state index contributed by atoms with van der Waals surface area (Å²) in [5.74, 6) is -3.43. The molecule has 0 spiro atoms. The predicted molar refractivity (Wildman–Crippen MR) is 134 cm³/mol. The molecule has 1 aromatic carbocycles. The minimum absolute atomic E-state index is 0.0934. The van der Waals surface area contributed by atoms with E-state index in [9.17, 15) is 22.8 Å². The van der Waals surface area contributed by atoms with Crippen molar-refractivity contribution in [2.75, 3.05) is 25.0 Å². The Morgan fingerprint density at radius 1 is 1.18 bits per heavy atom. The Hall–Kier alpha value is -4.18. The number of aromatic amines is 1. The van der Waals surface area contributed by atoms with E-state index < -0.39 is 18.1 Å². The third kappa shape index (κ3) is 8.41. The summed E-state index contributed by atoms with van der Waals surface area (Å²) in [6, 6.07) is 8.14. The van der Waals surface area contributed by atoms with Gasteiger partial charge < -0.3 is 20.5 Å². The number of alkyl halides is 3. The molecule has 1 amide bonds. The predicted octanol–water partition coefficient (Wildman–Crippen LogP) is 4.39. The van der Waals surface area contributed by atoms with Crippen molar-refractivity contribution >= 4 is 29.1 Å². The van der Waals surface area contributed by atoms with E-state index in [1.54, 1.807) is 0 Å². The molecule has 2 aliphatic rings. The lowest BCUT2D eigenvalue weighted by atomic mass is 9.85. The minimum atomic E-state index is -5.08. The molecule has 39 heavy (non-hydrogen) atoms. The number of nitriles is 1. The highest BCUT2D eigenvalue weighted by Gasteiger charge is 2.38. The largest absolute Gasteiger partial charge is 0.490 e. The number of rotatable bonds is 6. The summed E-state index contributed by atoms with van der Waals surface area (Å²) in [5.41, 5.74) is 4.49. The summed E-state index contributed by atoms with van der Waals surface area (Å²) >= 11 is 0. The summed E-state index contributed by atoms with van der Waals surface area (Å²) in [5, 5.41) is 28.1. The second-order valence-corrected chi connectivity index (χ2v) is 9.24. The van der Waals surface area contributed by atoms with Crippen LogP contribution in [0.2, 0.25) is 0 Å². The number of nitrogens with zero attached hydrogens (tertiary/aromatic N) is 3. The molecule has 1 aromatic heterocycles. The Bertz CT molecular complexity index is 1270. The summed E-state index contributed by atoms with van der Waals surface area (Å²) in [7, 11) is 0. The van der Waals surface area contributed by atoms with E-state index in [1.807, 2.05) is 17.0 Å². The number of hydrogen-bond donors (Lipinski definition) is 4. The molecule has 1 aliphatic heterocycles. The van der Waals surface area contributed by atoms with Crippen LogP contribution in [0.4, 0.5) is 18.9 Å². The van der Waals surface area contributed by atoms with Crippen LogP contribution in [0.5, 0.6) is 0 Å². The molecule has 1 saturated heterocycles. The van der Waals surface area contributed by atoms with Crippen LogP contribution in [0.3, 0.4) is 0 Å². The maximum Gasteiger partial charge on any atom is 0.490 e. The topological polar surface area (TPSA) is 159 Å². The third-order valence-corrected chi connectivity index (χ3v) is 6.50. The van der Waals surface area contributed by atoms with Gasteiger partial charge in [0.2, 0.25) is 0 Å². The maximum atomic E-state index is 12.7. The smallest absolute Gasteiger partial charge is 0.480 e. The van der Waals surface area contributed by atoms with Gasteiger partial charge in [0.05, 0.1) is 12.7 Å². The number of imidazole rings is 1. The number of piperidine rings is 1. The standard InChI is InChI=1S/C24H27N5O3.C2HF3O2/c25-13-19-14-26-23(27-19)24(32)28-21-7-6-18(12-20(21)17-4-2-1-3-5-17)16-8-10-29(11-9-16)15-22(30)31;3-2(4,5)1(6)7/h4,6-7,12,14,16H,1-3,5,8-11,15H2,(H,26,27)(H,28,32)(H,30,31);(H,6,7). The lowest BCUT2D eigenvalue weighted by Gasteiger charge is -2.31. The molecule has 2 heterocycles. The van der Waals surface area contributed by atoms with E-state index >= 15 is 0 Å². The first-order chi connectivity index (χ1) is 18.5. The van der Waals surface area contributed by atoms with E-state index in [0.29, 0.717) is 5.92 Å². The van der Waals surface area contributed by atoms with Gasteiger partial charge in [0.1, 0.15) is 11.8 Å². The van der Waals surface area contributed by atoms with Gasteiger partial charge in [0.25, 0.3) is 5.91 Å². The highest BCUT2D eigenvalue weighted by atomic mass is 19.4. The van der Waals surface area contributed by atoms with Crippen molar-refractivity contribution in [3.8, 4) is 6.07 Å². The SMILES string of the molecule is N#Cc1cnc(C(=O)Nc2ccc(C3CCN(CC(=O)O)CC3)cc2C2=CCCCC2)[nH]1.O=C(O)C(F)(F)F. The van der Waals surface area contributed by atoms with E-state index in [0.717, 1.165) is 56.4 Å². The molecular weight excluding hydrogens is 519 g/mol. The molecular formula is C26H28F3N5O5. The number of likely N-dealkylation sites (tertiary alicyclic amines) is 1. The van der Waals surface area contributed by atoms with Crippen LogP contribution >= 0.6 is 0 Å². The summed E-state index contributed by atoms with van der Waals surface area (Å²) in [6.45, 7) is 1.64. The average Bonchev–Trinajstić information content (AvgIpc) is 3.39. The molecule has 10 nitrogen and oxygen atoms in total. The van der Waals surface area contributed by atoms with Gasteiger partial charge >= 0.3 is 18.1 Å². The molecule has 2 aromatic rings. The fraction of sp³-hybridized carbons (Fsp3) is 0.423. The molecule has 4 rings (SSSR count). The number of allylic oxidation sites excluding steroid dienone is 2. The van der Waals surface area contributed by atoms with E-state index in [1.165, 1.54) is 23.8 Å². The third-order valence-electron chi connectivity index (χ3n) is 6.50. The zero-order valence-corrected chi connectivity index (χ0v) is 20.9. The molecule has 1 fully saturated rings. The lowest BCUT2D eigenvalue weighted by molar-refractivity contribution is -0.192. The second kappa shape index (κ2) is 13.1. The number of halogens is 3. The van der Waals surface area contributed by atoms with Gasteiger partial charge in [-0.05, 0) is 80.8 Å². The average molecular weight is 548 g/mol. The van der Waals surface area contributed by atoms with E-state index in [4.69, 9.17) is 20.3 Å². The summed E-state index contributed by atoms with van der Waals surface area (Å²) < 4.78 is 31.7. The number of nitrogens with one attached hydrogen (secondary N) is 2. The normalized spacial score (nSPS) is 16.3. The first kappa shape index (κ1) is 29.4. The molecule has 4 N–H and O–H groups in total. The number of carbonyl (C=O) groups is 3. The number of H-pyrrole nitrogens is 1. The van der Waals surface area contributed by atoms with Crippen LogP contribution in [0.1, 0.15) is 71.9 Å². The molecule has 13 heteroatoms. The Labute approximate surface area is 222 Å². The van der Waals surface area contributed by atoms with Gasteiger partial charge in [-0.25, -0.2) is 9.78 Å². The van der Waals surface area contributed by atoms with Crippen molar-refractivity contribution in [2.24, 2.45) is 0 Å². The number of carboxylic acids is 2. The molecule has 0 bridgehead atoms. The van der Waals surface area contributed by atoms with Crippen molar-refractivity contribution in [3.05, 3.63) is 53.1 Å². The number of carboxylic acid groups (broad SMARTS) is 2. The van der Waals surface area contributed by atoms with Gasteiger partial charge in [-0.3, -0.25) is 14.5 Å². The van der Waals surface area contributed by atoms with Crippen molar-refractivity contribution in [1.82, 2.24) is 14.9 Å². The minimum Gasteiger partial charge on any atom is -0.480 e. The Balaban J connectivity index is 0.000000532. The fourth-order valence-electron chi connectivity index (χ4n) is 4.56. The highest BCUT2D eigenvalue weighted by molar-refractivity contribution is 6.03. The number of aromatic nitrogens is 2.